The first-order valence-electron chi connectivity index (χ1n) is 14.7. The summed E-state index contributed by atoms with van der Waals surface area (Å²) in [7, 11) is 0. The number of carbonyl (C=O) groups is 1. The summed E-state index contributed by atoms with van der Waals surface area (Å²) in [6.45, 7) is 14.3. The van der Waals surface area contributed by atoms with E-state index in [1.807, 2.05) is 36.4 Å². The fourth-order valence-corrected chi connectivity index (χ4v) is 6.75. The second-order valence-corrected chi connectivity index (χ2v) is 10.8. The van der Waals surface area contributed by atoms with Gasteiger partial charge in [0.25, 0.3) is 0 Å². The molecule has 0 radical (unpaired) electrons. The highest BCUT2D eigenvalue weighted by atomic mass is 16.3. The van der Waals surface area contributed by atoms with Gasteiger partial charge in [-0.15, -0.1) is 0 Å². The zero-order chi connectivity index (χ0) is 28.6. The van der Waals surface area contributed by atoms with E-state index < -0.39 is 0 Å². The fourth-order valence-electron chi connectivity index (χ4n) is 6.75. The smallest absolute Gasteiger partial charge is 0.224 e. The standard InChI is InChI=1S/C36H40N2O2/c1-7-27-23(5)37(21-25-17-13-11-14-18-25)33(29(27)9-3)31-35(39)32(36(31)40)34-30(10-4)28(8-2)24(6)38(34)22-26-19-15-12-16-20-26/h11-20H,7-10,21-22H2,1-6H3/p+1. The van der Waals surface area contributed by atoms with Gasteiger partial charge in [0.1, 0.15) is 11.3 Å². The van der Waals surface area contributed by atoms with Crippen LogP contribution in [0.3, 0.4) is 0 Å². The molecule has 0 atom stereocenters. The minimum Gasteiger partial charge on any atom is -0.506 e. The Labute approximate surface area is 238 Å². The first-order valence-corrected chi connectivity index (χ1v) is 14.7. The van der Waals surface area contributed by atoms with Crippen LogP contribution in [0, 0.1) is 6.92 Å². The molecule has 1 aliphatic heterocycles. The molecule has 0 saturated carbocycles. The number of carbonyl (C=O) groups excluding carboxylic acids is 1. The summed E-state index contributed by atoms with van der Waals surface area (Å²) < 4.78 is 4.50. The molecule has 0 unspecified atom stereocenters. The molecular formula is C36H41N2O2+. The first-order chi connectivity index (χ1) is 19.4. The predicted octanol–water partition coefficient (Wildman–Crippen LogP) is 7.88. The number of hydrogen-bond acceptors (Lipinski definition) is 2. The van der Waals surface area contributed by atoms with E-state index in [9.17, 15) is 9.90 Å². The van der Waals surface area contributed by atoms with Crippen LogP contribution in [-0.4, -0.2) is 25.7 Å². The normalized spacial score (nSPS) is 17.4. The highest BCUT2D eigenvalue weighted by molar-refractivity contribution is 6.39. The maximum Gasteiger partial charge on any atom is 0.224 e. The van der Waals surface area contributed by atoms with Crippen LogP contribution in [0.25, 0.3) is 5.57 Å². The number of aliphatic hydroxyl groups is 1. The van der Waals surface area contributed by atoms with Gasteiger partial charge in [0, 0.05) is 35.9 Å². The molecule has 0 saturated heterocycles. The fraction of sp³-hybridized carbons (Fsp3) is 0.333. The Morgan fingerprint density at radius 1 is 0.725 bits per heavy atom. The summed E-state index contributed by atoms with van der Waals surface area (Å²) in [4.78, 5) is 14.3. The Morgan fingerprint density at radius 2 is 1.30 bits per heavy atom. The number of ketones is 1. The van der Waals surface area contributed by atoms with Gasteiger partial charge in [0.15, 0.2) is 12.3 Å². The zero-order valence-electron chi connectivity index (χ0n) is 24.8. The van der Waals surface area contributed by atoms with Crippen LogP contribution < -0.4 is 0 Å². The van der Waals surface area contributed by atoms with Crippen LogP contribution in [-0.2, 0) is 30.7 Å². The number of hydrogen-bond donors (Lipinski definition) is 1. The SMILES string of the molecule is CCC1=C(CC)/C(=C2\C(=O)C(c3c(CC)c(CC)c(C)n3Cc3ccccc3)=C2O)[N+](Cc2ccccc2)=C1C. The summed E-state index contributed by atoms with van der Waals surface area (Å²) in [6.07, 6.45) is 3.40. The number of benzene rings is 2. The lowest BCUT2D eigenvalue weighted by molar-refractivity contribution is -0.488. The highest BCUT2D eigenvalue weighted by Gasteiger charge is 2.47. The van der Waals surface area contributed by atoms with Crippen LogP contribution in [0.1, 0.15) is 81.1 Å². The van der Waals surface area contributed by atoms with E-state index in [2.05, 4.69) is 75.0 Å². The van der Waals surface area contributed by atoms with Gasteiger partial charge in [-0.3, -0.25) is 4.79 Å². The maximum absolute atomic E-state index is 14.3. The molecule has 0 fully saturated rings. The van der Waals surface area contributed by atoms with Crippen molar-refractivity contribution in [1.82, 2.24) is 4.57 Å². The minimum absolute atomic E-state index is 0.0502. The van der Waals surface area contributed by atoms with Crippen molar-refractivity contribution in [2.75, 3.05) is 0 Å². The number of aromatic nitrogens is 1. The molecule has 1 aromatic heterocycles. The van der Waals surface area contributed by atoms with Crippen molar-refractivity contribution in [2.45, 2.75) is 80.3 Å². The number of allylic oxidation sites excluding steroid dienone is 4. The molecule has 2 aromatic carbocycles. The van der Waals surface area contributed by atoms with Gasteiger partial charge in [0.2, 0.25) is 11.5 Å². The van der Waals surface area contributed by atoms with Gasteiger partial charge in [-0.25, -0.2) is 0 Å². The predicted molar refractivity (Wildman–Crippen MR) is 164 cm³/mol. The van der Waals surface area contributed by atoms with Crippen LogP contribution in [0.5, 0.6) is 0 Å². The second kappa shape index (κ2) is 11.3. The monoisotopic (exact) mass is 533 g/mol. The third-order valence-corrected chi connectivity index (χ3v) is 8.71. The van der Waals surface area contributed by atoms with E-state index in [0.717, 1.165) is 37.1 Å². The summed E-state index contributed by atoms with van der Waals surface area (Å²) >= 11 is 0. The third kappa shape index (κ3) is 4.40. The van der Waals surface area contributed by atoms with E-state index in [1.165, 1.54) is 44.8 Å². The highest BCUT2D eigenvalue weighted by Crippen LogP contribution is 2.45. The average Bonchev–Trinajstić information content (AvgIpc) is 3.38. The lowest BCUT2D eigenvalue weighted by Gasteiger charge is -2.25. The molecule has 1 aliphatic carbocycles. The summed E-state index contributed by atoms with van der Waals surface area (Å²) in [5, 5.41) is 11.8. The van der Waals surface area contributed by atoms with Gasteiger partial charge in [-0.1, -0.05) is 88.4 Å². The van der Waals surface area contributed by atoms with Gasteiger partial charge >= 0.3 is 0 Å². The minimum atomic E-state index is -0.0502. The second-order valence-electron chi connectivity index (χ2n) is 10.8. The molecule has 3 aromatic rings. The first kappa shape index (κ1) is 27.6. The lowest BCUT2D eigenvalue weighted by atomic mass is 9.80. The van der Waals surface area contributed by atoms with Crippen LogP contribution >= 0.6 is 0 Å². The Balaban J connectivity index is 1.71. The summed E-state index contributed by atoms with van der Waals surface area (Å²) in [5.74, 6) is 0.0872. The van der Waals surface area contributed by atoms with Crippen molar-refractivity contribution in [3.63, 3.8) is 0 Å². The topological polar surface area (TPSA) is 45.2 Å². The zero-order valence-corrected chi connectivity index (χ0v) is 24.8. The molecule has 1 N–H and O–H groups in total. The van der Waals surface area contributed by atoms with Gasteiger partial charge in [0.05, 0.1) is 11.3 Å². The Bertz CT molecular complexity index is 1600. The molecule has 2 aliphatic rings. The molecule has 40 heavy (non-hydrogen) atoms. The van der Waals surface area contributed by atoms with Crippen molar-refractivity contribution in [2.24, 2.45) is 0 Å². The molecule has 5 rings (SSSR count). The van der Waals surface area contributed by atoms with Crippen molar-refractivity contribution in [3.05, 3.63) is 122 Å². The number of nitrogens with zero attached hydrogens (tertiary/aromatic N) is 2. The maximum atomic E-state index is 14.3. The van der Waals surface area contributed by atoms with Crippen LogP contribution in [0.15, 0.2) is 88.8 Å². The number of aliphatic hydroxyl groups excluding tert-OH is 1. The van der Waals surface area contributed by atoms with Gasteiger partial charge < -0.3 is 9.67 Å². The molecule has 206 valence electrons. The molecule has 0 spiro atoms. The molecule has 4 heteroatoms. The van der Waals surface area contributed by atoms with Crippen LogP contribution in [0.2, 0.25) is 0 Å². The average molecular weight is 534 g/mol. The quantitative estimate of drug-likeness (QED) is 0.225. The largest absolute Gasteiger partial charge is 0.506 e. The Hall–Kier alpha value is -3.92. The van der Waals surface area contributed by atoms with E-state index >= 15 is 0 Å². The summed E-state index contributed by atoms with van der Waals surface area (Å²) in [6, 6.07) is 20.7. The van der Waals surface area contributed by atoms with Crippen molar-refractivity contribution >= 4 is 17.1 Å². The van der Waals surface area contributed by atoms with Crippen LogP contribution in [0.4, 0.5) is 0 Å². The van der Waals surface area contributed by atoms with E-state index in [1.54, 1.807) is 0 Å². The molecule has 4 nitrogen and oxygen atoms in total. The van der Waals surface area contributed by atoms with Gasteiger partial charge in [-0.2, -0.15) is 4.58 Å². The summed E-state index contributed by atoms with van der Waals surface area (Å²) in [5.41, 5.74) is 12.3. The van der Waals surface area contributed by atoms with Crippen molar-refractivity contribution in [3.8, 4) is 0 Å². The molecule has 0 amide bonds. The van der Waals surface area contributed by atoms with Crippen molar-refractivity contribution in [1.29, 1.82) is 0 Å². The molecular weight excluding hydrogens is 492 g/mol. The Kier molecular flexibility index (Phi) is 7.80. The van der Waals surface area contributed by atoms with E-state index in [0.29, 0.717) is 24.2 Å². The molecule has 2 heterocycles. The van der Waals surface area contributed by atoms with Gasteiger partial charge in [-0.05, 0) is 49.3 Å². The number of rotatable bonds is 9. The van der Waals surface area contributed by atoms with Crippen molar-refractivity contribution < 1.29 is 14.5 Å². The number of Topliss-reactive ketones (excluding diaryl/α,β-unsaturated/α-hetero) is 1. The van der Waals surface area contributed by atoms with E-state index in [4.69, 9.17) is 0 Å². The third-order valence-electron chi connectivity index (χ3n) is 8.71. The van der Waals surface area contributed by atoms with E-state index in [-0.39, 0.29) is 11.5 Å². The Morgan fingerprint density at radius 3 is 1.82 bits per heavy atom. The lowest BCUT2D eigenvalue weighted by Crippen LogP contribution is -2.29. The molecule has 0 bridgehead atoms.